The molecule has 0 amide bonds. The van der Waals surface area contributed by atoms with E-state index in [1.54, 1.807) is 24.3 Å². The van der Waals surface area contributed by atoms with Crippen LogP contribution < -0.4 is 0 Å². The molecule has 0 atom stereocenters. The number of benzene rings is 6. The fraction of sp³-hybridized carbons (Fsp3) is 0.0357. The molecular weight excluding hydrogens is 793 g/mol. The number of methoxy groups -OCH3 is 2. The first-order chi connectivity index (χ1) is 31.4. The Kier molecular flexibility index (Phi) is 9.39. The summed E-state index contributed by atoms with van der Waals surface area (Å²) in [7, 11) is 2.77. The van der Waals surface area contributed by atoms with E-state index in [2.05, 4.69) is 143 Å². The van der Waals surface area contributed by atoms with E-state index in [9.17, 15) is 9.59 Å². The van der Waals surface area contributed by atoms with Crippen molar-refractivity contribution < 1.29 is 19.1 Å². The average Bonchev–Trinajstić information content (AvgIpc) is 4.20. The van der Waals surface area contributed by atoms with Crippen LogP contribution in [0.4, 0.5) is 0 Å². The fourth-order valence-electron chi connectivity index (χ4n) is 9.05. The van der Waals surface area contributed by atoms with Gasteiger partial charge in [0.1, 0.15) is 0 Å². The second-order valence-corrected chi connectivity index (χ2v) is 15.7. The second-order valence-electron chi connectivity index (χ2n) is 15.7. The van der Waals surface area contributed by atoms with Gasteiger partial charge in [-0.25, -0.2) is 19.6 Å². The molecule has 0 aliphatic carbocycles. The molecule has 0 unspecified atom stereocenters. The third-order valence-electron chi connectivity index (χ3n) is 12.1. The lowest BCUT2D eigenvalue weighted by molar-refractivity contribution is 0.0592. The minimum absolute atomic E-state index is 0.403. The molecule has 8 bridgehead atoms. The molecule has 11 rings (SSSR count). The van der Waals surface area contributed by atoms with E-state index in [-0.39, 0.29) is 0 Å². The first-order valence-electron chi connectivity index (χ1n) is 21.0. The Morgan fingerprint density at radius 2 is 0.734 bits per heavy atom. The van der Waals surface area contributed by atoms with Crippen LogP contribution >= 0.6 is 0 Å². The molecule has 0 saturated carbocycles. The van der Waals surface area contributed by atoms with Gasteiger partial charge in [0.2, 0.25) is 0 Å². The molecule has 3 aromatic heterocycles. The van der Waals surface area contributed by atoms with Crippen LogP contribution in [0.2, 0.25) is 0 Å². The quantitative estimate of drug-likeness (QED) is 0.162. The van der Waals surface area contributed by atoms with Gasteiger partial charge in [-0.3, -0.25) is 0 Å². The van der Waals surface area contributed by atoms with E-state index in [1.165, 1.54) is 14.2 Å². The molecule has 2 aliphatic heterocycles. The van der Waals surface area contributed by atoms with Crippen molar-refractivity contribution in [1.82, 2.24) is 19.9 Å². The van der Waals surface area contributed by atoms with Gasteiger partial charge >= 0.3 is 11.9 Å². The third kappa shape index (κ3) is 6.56. The van der Waals surface area contributed by atoms with E-state index in [1.807, 2.05) is 24.3 Å². The highest BCUT2D eigenvalue weighted by molar-refractivity contribution is 6.07. The molecule has 0 fully saturated rings. The number of hydrogen-bond donors (Lipinski definition) is 2. The maximum atomic E-state index is 12.6. The first kappa shape index (κ1) is 38.3. The fourth-order valence-corrected chi connectivity index (χ4v) is 9.05. The molecule has 5 heterocycles. The Bertz CT molecular complexity index is 3360. The number of nitrogens with zero attached hydrogens (tertiary/aromatic N) is 2. The maximum absolute atomic E-state index is 12.6. The van der Waals surface area contributed by atoms with Crippen molar-refractivity contribution in [3.05, 3.63) is 192 Å². The topological polar surface area (TPSA) is 110 Å². The number of nitrogens with one attached hydrogen (secondary N) is 2. The lowest BCUT2D eigenvalue weighted by atomic mass is 9.97. The van der Waals surface area contributed by atoms with E-state index in [0.717, 1.165) is 111 Å². The van der Waals surface area contributed by atoms with Crippen LogP contribution in [0.1, 0.15) is 43.5 Å². The molecule has 64 heavy (non-hydrogen) atoms. The van der Waals surface area contributed by atoms with Gasteiger partial charge in [-0.15, -0.1) is 0 Å². The monoisotopic (exact) mass is 830 g/mol. The second kappa shape index (κ2) is 15.7. The number of H-pyrrole nitrogens is 2. The lowest BCUT2D eigenvalue weighted by Gasteiger charge is -2.10. The summed E-state index contributed by atoms with van der Waals surface area (Å²) < 4.78 is 10.1. The summed E-state index contributed by atoms with van der Waals surface area (Å²) in [6.07, 6.45) is 8.28. The minimum atomic E-state index is -0.403. The Hall–Kier alpha value is -8.62. The zero-order valence-electron chi connectivity index (χ0n) is 34.8. The SMILES string of the molecule is COC(=O)c1ccc(-c2c3nc(c(-c4cccc5ccccc45)c4ccc([nH]4)c(-c4ccc(C(=O)OC)cc4)c4nc(c(-c5cccc6ccccc56)c5ccc2[nH]5)C=C4)C=C3)cc1. The van der Waals surface area contributed by atoms with Crippen LogP contribution in [-0.2, 0) is 9.47 Å². The Balaban J connectivity index is 1.30. The van der Waals surface area contributed by atoms with E-state index in [4.69, 9.17) is 19.4 Å². The highest BCUT2D eigenvalue weighted by Crippen LogP contribution is 2.41. The number of fused-ring (bicyclic) bond motifs is 10. The smallest absolute Gasteiger partial charge is 0.337 e. The lowest BCUT2D eigenvalue weighted by Crippen LogP contribution is -2.00. The highest BCUT2D eigenvalue weighted by Gasteiger charge is 2.21. The van der Waals surface area contributed by atoms with E-state index >= 15 is 0 Å². The number of carbonyl (C=O) groups excluding carboxylic acids is 2. The standard InChI is InChI=1S/C56H38N4O4/c1-63-55(61)37-21-17-35(18-22-37)51-43-25-29-47(57-43)53(41-15-7-11-33-9-3-5-13-39(33)41)49-31-27-45(59-49)52(36-19-23-38(24-20-36)56(62)64-2)46-28-32-50(60-46)54(48-30-26-44(51)58-48)42-16-8-12-34-10-4-6-14-40(34)42/h3-32,57,60H,1-2H3. The first-order valence-corrected chi connectivity index (χ1v) is 21.0. The molecular formula is C56H38N4O4. The molecule has 9 aromatic rings. The van der Waals surface area contributed by atoms with Gasteiger partial charge < -0.3 is 19.4 Å². The van der Waals surface area contributed by atoms with Crippen molar-refractivity contribution in [3.63, 3.8) is 0 Å². The number of aromatic amines is 2. The van der Waals surface area contributed by atoms with Gasteiger partial charge in [-0.1, -0.05) is 109 Å². The largest absolute Gasteiger partial charge is 0.465 e. The Labute approximate surface area is 367 Å². The summed E-state index contributed by atoms with van der Waals surface area (Å²) >= 11 is 0. The van der Waals surface area contributed by atoms with E-state index in [0.29, 0.717) is 11.1 Å². The van der Waals surface area contributed by atoms with Gasteiger partial charge in [0.15, 0.2) is 0 Å². The number of hydrogen-bond acceptors (Lipinski definition) is 6. The van der Waals surface area contributed by atoms with Crippen LogP contribution in [-0.4, -0.2) is 46.1 Å². The number of ether oxygens (including phenoxy) is 2. The van der Waals surface area contributed by atoms with Gasteiger partial charge in [-0.2, -0.15) is 0 Å². The number of esters is 2. The van der Waals surface area contributed by atoms with Crippen molar-refractivity contribution in [2.24, 2.45) is 0 Å². The highest BCUT2D eigenvalue weighted by atomic mass is 16.5. The summed E-state index contributed by atoms with van der Waals surface area (Å²) in [5.41, 5.74) is 14.8. The average molecular weight is 831 g/mol. The molecule has 0 radical (unpaired) electrons. The number of rotatable bonds is 6. The molecule has 8 heteroatoms. The molecule has 2 aliphatic rings. The van der Waals surface area contributed by atoms with Crippen molar-refractivity contribution in [2.45, 2.75) is 0 Å². The van der Waals surface area contributed by atoms with Crippen LogP contribution in [0.25, 0.3) is 112 Å². The number of carbonyl (C=O) groups is 2. The summed E-state index contributed by atoms with van der Waals surface area (Å²) in [4.78, 5) is 43.7. The summed E-state index contributed by atoms with van der Waals surface area (Å²) in [5, 5.41) is 4.40. The van der Waals surface area contributed by atoms with E-state index < -0.39 is 11.9 Å². The Morgan fingerprint density at radius 3 is 1.12 bits per heavy atom. The van der Waals surface area contributed by atoms with Crippen LogP contribution in [0.3, 0.4) is 0 Å². The van der Waals surface area contributed by atoms with Gasteiger partial charge in [0.25, 0.3) is 0 Å². The van der Waals surface area contributed by atoms with Crippen molar-refractivity contribution in [2.75, 3.05) is 14.2 Å². The molecule has 6 aromatic carbocycles. The van der Waals surface area contributed by atoms with Gasteiger partial charge in [-0.05, 0) is 117 Å². The van der Waals surface area contributed by atoms with Crippen LogP contribution in [0, 0.1) is 0 Å². The van der Waals surface area contributed by atoms with Crippen LogP contribution in [0.5, 0.6) is 0 Å². The predicted octanol–water partition coefficient (Wildman–Crippen LogP) is 13.2. The normalized spacial score (nSPS) is 11.9. The molecule has 2 N–H and O–H groups in total. The Morgan fingerprint density at radius 1 is 0.391 bits per heavy atom. The van der Waals surface area contributed by atoms with Crippen molar-refractivity contribution in [1.29, 1.82) is 0 Å². The van der Waals surface area contributed by atoms with Gasteiger partial charge in [0.05, 0.1) is 48.1 Å². The molecule has 306 valence electrons. The summed E-state index contributed by atoms with van der Waals surface area (Å²) in [5.74, 6) is -0.806. The van der Waals surface area contributed by atoms with Crippen molar-refractivity contribution >= 4 is 79.9 Å². The minimum Gasteiger partial charge on any atom is -0.465 e. The van der Waals surface area contributed by atoms with Crippen LogP contribution in [0.15, 0.2) is 158 Å². The molecule has 0 spiro atoms. The number of aromatic nitrogens is 4. The summed E-state index contributed by atoms with van der Waals surface area (Å²) in [6, 6.07) is 52.8. The predicted molar refractivity (Wildman–Crippen MR) is 258 cm³/mol. The zero-order valence-corrected chi connectivity index (χ0v) is 34.8. The zero-order chi connectivity index (χ0) is 43.3. The molecule has 0 saturated heterocycles. The third-order valence-corrected chi connectivity index (χ3v) is 12.1. The van der Waals surface area contributed by atoms with Gasteiger partial charge in [0, 0.05) is 44.3 Å². The molecule has 8 nitrogen and oxygen atoms in total. The summed E-state index contributed by atoms with van der Waals surface area (Å²) in [6.45, 7) is 0. The maximum Gasteiger partial charge on any atom is 0.337 e. The van der Waals surface area contributed by atoms with Crippen molar-refractivity contribution in [3.8, 4) is 44.5 Å².